The first kappa shape index (κ1) is 13.9. The molecular formula is C16H22N4O. The van der Waals surface area contributed by atoms with Crippen molar-refractivity contribution in [1.29, 1.82) is 0 Å². The minimum atomic E-state index is -0.474. The molecule has 2 aliphatic rings. The molecule has 1 spiro atoms. The fourth-order valence-electron chi connectivity index (χ4n) is 3.68. The number of piperidine rings is 1. The van der Waals surface area contributed by atoms with Gasteiger partial charge in [-0.15, -0.1) is 0 Å². The molecule has 112 valence electrons. The van der Waals surface area contributed by atoms with E-state index in [-0.39, 0.29) is 18.0 Å². The summed E-state index contributed by atoms with van der Waals surface area (Å²) in [5.74, 6) is 0.0966. The Hall–Kier alpha value is -2.01. The van der Waals surface area contributed by atoms with Crippen molar-refractivity contribution in [2.24, 2.45) is 5.73 Å². The summed E-state index contributed by atoms with van der Waals surface area (Å²) in [6.07, 6.45) is 3.27. The predicted molar refractivity (Wildman–Crippen MR) is 83.7 cm³/mol. The van der Waals surface area contributed by atoms with Gasteiger partial charge in [-0.25, -0.2) is 0 Å². The van der Waals surface area contributed by atoms with Crippen LogP contribution in [0.5, 0.6) is 0 Å². The van der Waals surface area contributed by atoms with E-state index in [1.165, 1.54) is 0 Å². The molecule has 2 aliphatic heterocycles. The number of hydrogen-bond donors (Lipinski definition) is 4. The summed E-state index contributed by atoms with van der Waals surface area (Å²) < 4.78 is 0. The van der Waals surface area contributed by atoms with Gasteiger partial charge in [-0.1, -0.05) is 18.2 Å². The van der Waals surface area contributed by atoms with Gasteiger partial charge in [0, 0.05) is 36.7 Å². The van der Waals surface area contributed by atoms with Crippen LogP contribution in [0.2, 0.25) is 0 Å². The predicted octanol–water partition coefficient (Wildman–Crippen LogP) is 1.04. The molecule has 1 amide bonds. The molecule has 1 aromatic carbocycles. The molecule has 3 rings (SSSR count). The van der Waals surface area contributed by atoms with Crippen molar-refractivity contribution in [1.82, 2.24) is 10.6 Å². The number of para-hydroxylation sites is 1. The minimum absolute atomic E-state index is 0.00175. The first-order valence-electron chi connectivity index (χ1n) is 7.36. The van der Waals surface area contributed by atoms with Crippen LogP contribution >= 0.6 is 0 Å². The van der Waals surface area contributed by atoms with Crippen molar-refractivity contribution >= 4 is 11.6 Å². The lowest BCUT2D eigenvalue weighted by Gasteiger charge is -2.41. The number of benzene rings is 1. The average molecular weight is 286 g/mol. The van der Waals surface area contributed by atoms with Gasteiger partial charge in [0.2, 0.25) is 5.91 Å². The maximum Gasteiger partial charge on any atom is 0.235 e. The molecule has 3 atom stereocenters. The lowest BCUT2D eigenvalue weighted by Crippen LogP contribution is -2.55. The van der Waals surface area contributed by atoms with Gasteiger partial charge in [0.15, 0.2) is 0 Å². The van der Waals surface area contributed by atoms with Crippen molar-refractivity contribution in [2.75, 3.05) is 12.4 Å². The van der Waals surface area contributed by atoms with Gasteiger partial charge in [0.25, 0.3) is 0 Å². The number of carbonyl (C=O) groups excluding carboxylic acids is 1. The third kappa shape index (κ3) is 2.17. The summed E-state index contributed by atoms with van der Waals surface area (Å²) in [4.78, 5) is 12.7. The zero-order chi connectivity index (χ0) is 15.0. The number of hydrogen-bond acceptors (Lipinski definition) is 4. The number of carbonyl (C=O) groups is 1. The molecule has 0 aromatic heterocycles. The van der Waals surface area contributed by atoms with Crippen LogP contribution in [-0.2, 0) is 10.2 Å². The number of fused-ring (bicyclic) bond motifs is 2. The fourth-order valence-corrected chi connectivity index (χ4v) is 3.68. The maximum absolute atomic E-state index is 12.7. The van der Waals surface area contributed by atoms with Crippen LogP contribution in [0.15, 0.2) is 36.2 Å². The van der Waals surface area contributed by atoms with Crippen molar-refractivity contribution in [2.45, 2.75) is 37.3 Å². The van der Waals surface area contributed by atoms with Gasteiger partial charge in [0.1, 0.15) is 0 Å². The molecule has 0 radical (unpaired) electrons. The van der Waals surface area contributed by atoms with Crippen LogP contribution in [0, 0.1) is 0 Å². The van der Waals surface area contributed by atoms with E-state index in [1.54, 1.807) is 6.20 Å². The van der Waals surface area contributed by atoms with Crippen LogP contribution in [0.4, 0.5) is 5.69 Å². The molecule has 2 heterocycles. The molecule has 1 fully saturated rings. The molecule has 21 heavy (non-hydrogen) atoms. The highest BCUT2D eigenvalue weighted by atomic mass is 16.2. The van der Waals surface area contributed by atoms with E-state index < -0.39 is 5.41 Å². The molecule has 0 bridgehead atoms. The van der Waals surface area contributed by atoms with Crippen molar-refractivity contribution in [3.63, 3.8) is 0 Å². The normalized spacial score (nSPS) is 31.9. The molecule has 3 unspecified atom stereocenters. The fraction of sp³-hybridized carbons (Fsp3) is 0.438. The second-order valence-electron chi connectivity index (χ2n) is 6.04. The average Bonchev–Trinajstić information content (AvgIpc) is 2.71. The van der Waals surface area contributed by atoms with Crippen molar-refractivity contribution in [3.8, 4) is 0 Å². The van der Waals surface area contributed by atoms with Crippen LogP contribution < -0.4 is 21.7 Å². The zero-order valence-corrected chi connectivity index (χ0v) is 12.4. The number of amides is 1. The smallest absolute Gasteiger partial charge is 0.235 e. The summed E-state index contributed by atoms with van der Waals surface area (Å²) in [5.41, 5.74) is 8.44. The first-order valence-corrected chi connectivity index (χ1v) is 7.36. The Morgan fingerprint density at radius 1 is 1.43 bits per heavy atom. The largest absolute Gasteiger partial charge is 0.400 e. The van der Waals surface area contributed by atoms with Crippen molar-refractivity contribution in [3.05, 3.63) is 41.7 Å². The molecule has 0 saturated carbocycles. The second-order valence-corrected chi connectivity index (χ2v) is 6.04. The van der Waals surface area contributed by atoms with E-state index in [4.69, 9.17) is 5.73 Å². The Morgan fingerprint density at radius 2 is 2.19 bits per heavy atom. The Balaban J connectivity index is 2.01. The highest BCUT2D eigenvalue weighted by Crippen LogP contribution is 2.46. The van der Waals surface area contributed by atoms with Crippen LogP contribution in [0.1, 0.15) is 25.3 Å². The molecule has 5 N–H and O–H groups in total. The van der Waals surface area contributed by atoms with Gasteiger partial charge >= 0.3 is 0 Å². The Bertz CT molecular complexity index is 598. The summed E-state index contributed by atoms with van der Waals surface area (Å²) in [6.45, 7) is 2.11. The number of nitrogens with one attached hydrogen (secondary N) is 3. The Labute approximate surface area is 125 Å². The van der Waals surface area contributed by atoms with Crippen LogP contribution in [0.25, 0.3) is 0 Å². The monoisotopic (exact) mass is 286 g/mol. The number of rotatable bonds is 2. The van der Waals surface area contributed by atoms with Gasteiger partial charge < -0.3 is 21.7 Å². The van der Waals surface area contributed by atoms with E-state index in [2.05, 4.69) is 28.9 Å². The zero-order valence-electron chi connectivity index (χ0n) is 12.4. The van der Waals surface area contributed by atoms with Crippen LogP contribution in [-0.4, -0.2) is 25.0 Å². The van der Waals surface area contributed by atoms with E-state index in [0.717, 1.165) is 23.4 Å². The Kier molecular flexibility index (Phi) is 3.37. The molecule has 5 heteroatoms. The molecule has 0 aliphatic carbocycles. The quantitative estimate of drug-likeness (QED) is 0.655. The van der Waals surface area contributed by atoms with Gasteiger partial charge in [-0.2, -0.15) is 0 Å². The SMILES string of the molecule is CN/C=C(\N)C1CC2(CC(C)N1)C(=O)Nc1ccccc12. The van der Waals surface area contributed by atoms with E-state index in [1.807, 2.05) is 25.2 Å². The molecule has 5 nitrogen and oxygen atoms in total. The summed E-state index contributed by atoms with van der Waals surface area (Å²) in [6, 6.07) is 8.20. The molecule has 1 aromatic rings. The lowest BCUT2D eigenvalue weighted by molar-refractivity contribution is -0.122. The van der Waals surface area contributed by atoms with E-state index in [9.17, 15) is 4.79 Å². The van der Waals surface area contributed by atoms with Gasteiger partial charge in [-0.3, -0.25) is 4.79 Å². The Morgan fingerprint density at radius 3 is 2.95 bits per heavy atom. The highest BCUT2D eigenvalue weighted by Gasteiger charge is 2.51. The van der Waals surface area contributed by atoms with E-state index in [0.29, 0.717) is 6.42 Å². The highest BCUT2D eigenvalue weighted by molar-refractivity contribution is 6.06. The van der Waals surface area contributed by atoms with Gasteiger partial charge in [0.05, 0.1) is 5.41 Å². The first-order chi connectivity index (χ1) is 10.1. The summed E-state index contributed by atoms with van der Waals surface area (Å²) in [5, 5.41) is 9.48. The summed E-state index contributed by atoms with van der Waals surface area (Å²) >= 11 is 0. The molecule has 1 saturated heterocycles. The minimum Gasteiger partial charge on any atom is -0.400 e. The lowest BCUT2D eigenvalue weighted by atomic mass is 9.69. The van der Waals surface area contributed by atoms with Crippen molar-refractivity contribution < 1.29 is 4.79 Å². The number of nitrogens with two attached hydrogens (primary N) is 1. The number of anilines is 1. The standard InChI is InChI=1S/C16H22N4O/c1-10-7-16(8-14(19-10)12(17)9-18-2)11-5-3-4-6-13(11)20-15(16)21/h3-6,9-10,14,18-19H,7-8,17H2,1-2H3,(H,20,21)/b12-9-. The third-order valence-corrected chi connectivity index (χ3v) is 4.53. The maximum atomic E-state index is 12.7. The van der Waals surface area contributed by atoms with Crippen LogP contribution in [0.3, 0.4) is 0 Å². The summed E-state index contributed by atoms with van der Waals surface area (Å²) in [7, 11) is 1.83. The topological polar surface area (TPSA) is 79.2 Å². The van der Waals surface area contributed by atoms with E-state index >= 15 is 0 Å². The second kappa shape index (κ2) is 5.07. The third-order valence-electron chi connectivity index (χ3n) is 4.53. The molecular weight excluding hydrogens is 264 g/mol. The van der Waals surface area contributed by atoms with Gasteiger partial charge in [-0.05, 0) is 31.4 Å².